The number of carbonyl (C=O) groups excluding carboxylic acids is 2. The zero-order valence-corrected chi connectivity index (χ0v) is 12.2. The third kappa shape index (κ3) is 6.05. The molecule has 0 spiro atoms. The van der Waals surface area contributed by atoms with Crippen LogP contribution in [0.4, 0.5) is 0 Å². The van der Waals surface area contributed by atoms with Crippen LogP contribution in [0.25, 0.3) is 0 Å². The van der Waals surface area contributed by atoms with Crippen LogP contribution in [0.3, 0.4) is 0 Å². The molecule has 2 N–H and O–H groups in total. The summed E-state index contributed by atoms with van der Waals surface area (Å²) in [5.41, 5.74) is 0. The highest BCUT2D eigenvalue weighted by molar-refractivity contribution is 5.83. The first-order chi connectivity index (χ1) is 9.02. The fourth-order valence-electron chi connectivity index (χ4n) is 2.56. The van der Waals surface area contributed by atoms with E-state index in [1.165, 1.54) is 33.3 Å². The summed E-state index contributed by atoms with van der Waals surface area (Å²) in [6.07, 6.45) is 6.00. The highest BCUT2D eigenvalue weighted by Crippen LogP contribution is 2.22. The number of amides is 1. The van der Waals surface area contributed by atoms with Crippen molar-refractivity contribution in [2.24, 2.45) is 5.92 Å². The van der Waals surface area contributed by atoms with E-state index >= 15 is 0 Å². The average Bonchev–Trinajstić information content (AvgIpc) is 2.58. The largest absolute Gasteiger partial charge is 0.467 e. The first-order valence-corrected chi connectivity index (χ1v) is 7.11. The van der Waals surface area contributed by atoms with Gasteiger partial charge < -0.3 is 15.4 Å². The van der Waals surface area contributed by atoms with E-state index in [1.807, 2.05) is 0 Å². The summed E-state index contributed by atoms with van der Waals surface area (Å²) in [4.78, 5) is 22.6. The second kappa shape index (κ2) is 8.15. The molecule has 0 aliphatic heterocycles. The van der Waals surface area contributed by atoms with Gasteiger partial charge in [0.25, 0.3) is 0 Å². The van der Waals surface area contributed by atoms with Gasteiger partial charge in [-0.25, -0.2) is 4.79 Å². The summed E-state index contributed by atoms with van der Waals surface area (Å²) in [6.45, 7) is 4.13. The number of esters is 1. The second-order valence-corrected chi connectivity index (χ2v) is 5.49. The summed E-state index contributed by atoms with van der Waals surface area (Å²) in [7, 11) is 1.34. The predicted octanol–water partition coefficient (Wildman–Crippen LogP) is 1.22. The van der Waals surface area contributed by atoms with E-state index in [9.17, 15) is 9.59 Å². The van der Waals surface area contributed by atoms with E-state index in [4.69, 9.17) is 4.74 Å². The summed E-state index contributed by atoms with van der Waals surface area (Å²) < 4.78 is 4.70. The standard InChI is InChI=1S/C14H26N2O3/c1-10-5-4-6-12(8-7-10)15-9-13(14(18)19-3)16-11(2)17/h10,12-13,15H,4-9H2,1-3H3,(H,16,17). The summed E-state index contributed by atoms with van der Waals surface area (Å²) in [5.74, 6) is 0.176. The van der Waals surface area contributed by atoms with Crippen molar-refractivity contribution in [3.05, 3.63) is 0 Å². The number of carbonyl (C=O) groups is 2. The molecule has 0 bridgehead atoms. The monoisotopic (exact) mass is 270 g/mol. The molecule has 1 aliphatic carbocycles. The minimum Gasteiger partial charge on any atom is -0.467 e. The Bertz CT molecular complexity index is 307. The highest BCUT2D eigenvalue weighted by Gasteiger charge is 2.22. The summed E-state index contributed by atoms with van der Waals surface area (Å²) in [6, 6.07) is -0.158. The van der Waals surface area contributed by atoms with Gasteiger partial charge >= 0.3 is 5.97 Å². The van der Waals surface area contributed by atoms with Crippen LogP contribution in [0.1, 0.15) is 46.0 Å². The molecule has 0 aromatic heterocycles. The molecule has 0 aromatic carbocycles. The number of methoxy groups -OCH3 is 1. The van der Waals surface area contributed by atoms with E-state index in [-0.39, 0.29) is 5.91 Å². The van der Waals surface area contributed by atoms with E-state index in [0.29, 0.717) is 12.6 Å². The molecule has 1 saturated carbocycles. The van der Waals surface area contributed by atoms with E-state index in [1.54, 1.807) is 0 Å². The van der Waals surface area contributed by atoms with Gasteiger partial charge in [0, 0.05) is 19.5 Å². The van der Waals surface area contributed by atoms with Crippen LogP contribution in [0.2, 0.25) is 0 Å². The van der Waals surface area contributed by atoms with Crippen molar-refractivity contribution in [2.45, 2.75) is 58.0 Å². The first kappa shape index (κ1) is 16.0. The Morgan fingerprint density at radius 2 is 2.00 bits per heavy atom. The third-order valence-electron chi connectivity index (χ3n) is 3.73. The maximum Gasteiger partial charge on any atom is 0.329 e. The summed E-state index contributed by atoms with van der Waals surface area (Å²) >= 11 is 0. The van der Waals surface area contributed by atoms with Gasteiger partial charge in [-0.1, -0.05) is 19.8 Å². The number of rotatable bonds is 5. The summed E-state index contributed by atoms with van der Waals surface area (Å²) in [5, 5.41) is 6.01. The van der Waals surface area contributed by atoms with Crippen LogP contribution in [0.5, 0.6) is 0 Å². The topological polar surface area (TPSA) is 67.4 Å². The van der Waals surface area contributed by atoms with Gasteiger partial charge in [0.2, 0.25) is 5.91 Å². The van der Waals surface area contributed by atoms with Crippen molar-refractivity contribution < 1.29 is 14.3 Å². The van der Waals surface area contributed by atoms with Gasteiger partial charge in [0.05, 0.1) is 7.11 Å². The molecule has 110 valence electrons. The Morgan fingerprint density at radius 3 is 2.63 bits per heavy atom. The highest BCUT2D eigenvalue weighted by atomic mass is 16.5. The smallest absolute Gasteiger partial charge is 0.329 e. The molecule has 0 radical (unpaired) electrons. The Morgan fingerprint density at radius 1 is 1.26 bits per heavy atom. The van der Waals surface area contributed by atoms with Crippen LogP contribution in [0, 0.1) is 5.92 Å². The molecule has 3 unspecified atom stereocenters. The molecule has 19 heavy (non-hydrogen) atoms. The second-order valence-electron chi connectivity index (χ2n) is 5.49. The molecule has 1 fully saturated rings. The molecule has 1 rings (SSSR count). The van der Waals surface area contributed by atoms with Gasteiger partial charge in [-0.2, -0.15) is 0 Å². The van der Waals surface area contributed by atoms with E-state index in [0.717, 1.165) is 18.8 Å². The van der Waals surface area contributed by atoms with Crippen molar-refractivity contribution >= 4 is 11.9 Å². The zero-order valence-electron chi connectivity index (χ0n) is 12.2. The molecule has 3 atom stereocenters. The Hall–Kier alpha value is -1.10. The lowest BCUT2D eigenvalue weighted by molar-refractivity contribution is -0.144. The zero-order chi connectivity index (χ0) is 14.3. The SMILES string of the molecule is COC(=O)C(CNC1CCCC(C)CC1)NC(C)=O. The molecular weight excluding hydrogens is 244 g/mol. The Balaban J connectivity index is 2.41. The number of ether oxygens (including phenoxy) is 1. The van der Waals surface area contributed by atoms with Gasteiger partial charge in [-0.05, 0) is 25.2 Å². The van der Waals surface area contributed by atoms with Crippen LogP contribution < -0.4 is 10.6 Å². The average molecular weight is 270 g/mol. The molecule has 5 heteroatoms. The van der Waals surface area contributed by atoms with Crippen molar-refractivity contribution in [3.63, 3.8) is 0 Å². The lowest BCUT2D eigenvalue weighted by atomic mass is 10.0. The molecule has 1 aliphatic rings. The van der Waals surface area contributed by atoms with E-state index in [2.05, 4.69) is 17.6 Å². The number of hydrogen-bond donors (Lipinski definition) is 2. The van der Waals surface area contributed by atoms with Crippen molar-refractivity contribution in [1.82, 2.24) is 10.6 Å². The van der Waals surface area contributed by atoms with Gasteiger partial charge in [0.1, 0.15) is 6.04 Å². The molecule has 1 amide bonds. The van der Waals surface area contributed by atoms with Crippen LogP contribution >= 0.6 is 0 Å². The molecule has 5 nitrogen and oxygen atoms in total. The van der Waals surface area contributed by atoms with Gasteiger partial charge in [-0.3, -0.25) is 4.79 Å². The fourth-order valence-corrected chi connectivity index (χ4v) is 2.56. The molecule has 0 saturated heterocycles. The maximum absolute atomic E-state index is 11.6. The van der Waals surface area contributed by atoms with Gasteiger partial charge in [0.15, 0.2) is 0 Å². The number of nitrogens with one attached hydrogen (secondary N) is 2. The maximum atomic E-state index is 11.6. The van der Waals surface area contributed by atoms with Crippen LogP contribution in [-0.2, 0) is 14.3 Å². The van der Waals surface area contributed by atoms with E-state index < -0.39 is 12.0 Å². The molecule has 0 aromatic rings. The number of hydrogen-bond acceptors (Lipinski definition) is 4. The van der Waals surface area contributed by atoms with Crippen molar-refractivity contribution in [3.8, 4) is 0 Å². The molecular formula is C14H26N2O3. The lowest BCUT2D eigenvalue weighted by Gasteiger charge is -2.21. The predicted molar refractivity (Wildman–Crippen MR) is 73.7 cm³/mol. The quantitative estimate of drug-likeness (QED) is 0.582. The molecule has 0 heterocycles. The van der Waals surface area contributed by atoms with Crippen LogP contribution in [-0.4, -0.2) is 37.6 Å². The Labute approximate surface area is 115 Å². The first-order valence-electron chi connectivity index (χ1n) is 7.11. The van der Waals surface area contributed by atoms with Crippen LogP contribution in [0.15, 0.2) is 0 Å². The Kier molecular flexibility index (Phi) is 6.84. The fraction of sp³-hybridized carbons (Fsp3) is 0.857. The minimum atomic E-state index is -0.594. The normalized spacial score (nSPS) is 25.2. The van der Waals surface area contributed by atoms with Gasteiger partial charge in [-0.15, -0.1) is 0 Å². The lowest BCUT2D eigenvalue weighted by Crippen LogP contribution is -2.49. The third-order valence-corrected chi connectivity index (χ3v) is 3.73. The van der Waals surface area contributed by atoms with Crippen molar-refractivity contribution in [2.75, 3.05) is 13.7 Å². The minimum absolute atomic E-state index is 0.216. The van der Waals surface area contributed by atoms with Crippen molar-refractivity contribution in [1.29, 1.82) is 0 Å².